The van der Waals surface area contributed by atoms with Gasteiger partial charge in [-0.05, 0) is 18.2 Å². The van der Waals surface area contributed by atoms with Crippen molar-refractivity contribution in [3.05, 3.63) is 41.2 Å². The molecular formula is C9H4N2. The molecule has 0 saturated carbocycles. The molecule has 0 bridgehead atoms. The second-order valence-corrected chi connectivity index (χ2v) is 1.91. The van der Waals surface area contributed by atoms with Crippen molar-refractivity contribution in [2.45, 2.75) is 0 Å². The molecule has 11 heavy (non-hydrogen) atoms. The third kappa shape index (κ3) is 1.69. The van der Waals surface area contributed by atoms with Crippen LogP contribution in [0.5, 0.6) is 0 Å². The molecule has 0 radical (unpaired) electrons. The molecule has 0 unspecified atom stereocenters. The van der Waals surface area contributed by atoms with Gasteiger partial charge in [0.15, 0.2) is 0 Å². The van der Waals surface area contributed by atoms with Crippen molar-refractivity contribution in [3.8, 4) is 12.1 Å². The van der Waals surface area contributed by atoms with Crippen molar-refractivity contribution in [2.24, 2.45) is 0 Å². The van der Waals surface area contributed by atoms with E-state index in [1.807, 2.05) is 0 Å². The van der Waals surface area contributed by atoms with Gasteiger partial charge in [-0.1, -0.05) is 6.08 Å². The maximum atomic E-state index is 8.37. The Kier molecular flexibility index (Phi) is 2.08. The van der Waals surface area contributed by atoms with E-state index in [9.17, 15) is 0 Å². The smallest absolute Gasteiger partial charge is 0.130 e. The maximum Gasteiger partial charge on any atom is 0.130 e. The molecule has 2 heteroatoms. The lowest BCUT2D eigenvalue weighted by molar-refractivity contribution is 1.46. The Hall–Kier alpha value is -2.02. The molecule has 0 saturated heterocycles. The van der Waals surface area contributed by atoms with Crippen LogP contribution in [0.2, 0.25) is 0 Å². The molecule has 50 valence electrons. The van der Waals surface area contributed by atoms with E-state index in [2.05, 4.69) is 5.73 Å². The van der Waals surface area contributed by atoms with Crippen molar-refractivity contribution < 1.29 is 0 Å². The zero-order valence-electron chi connectivity index (χ0n) is 5.70. The molecule has 1 aliphatic carbocycles. The first kappa shape index (κ1) is 7.09. The average Bonchev–Trinajstić information content (AvgIpc) is 2.52. The van der Waals surface area contributed by atoms with E-state index in [-0.39, 0.29) is 5.57 Å². The van der Waals surface area contributed by atoms with Crippen molar-refractivity contribution in [1.29, 1.82) is 10.5 Å². The maximum absolute atomic E-state index is 8.37. The Morgan fingerprint density at radius 2 is 2.18 bits per heavy atom. The monoisotopic (exact) mass is 140 g/mol. The zero-order valence-corrected chi connectivity index (χ0v) is 5.70. The molecule has 1 rings (SSSR count). The van der Waals surface area contributed by atoms with Crippen LogP contribution in [0.3, 0.4) is 0 Å². The molecule has 0 N–H and O–H groups in total. The molecule has 0 atom stereocenters. The van der Waals surface area contributed by atoms with Crippen molar-refractivity contribution in [2.75, 3.05) is 0 Å². The number of rotatable bonds is 1. The van der Waals surface area contributed by atoms with Crippen LogP contribution >= 0.6 is 0 Å². The minimum absolute atomic E-state index is 0.104. The minimum atomic E-state index is 0.104. The number of hydrogen-bond donors (Lipinski definition) is 0. The number of hydrogen-bond acceptors (Lipinski definition) is 2. The summed E-state index contributed by atoms with van der Waals surface area (Å²) in [5.41, 5.74) is 3.73. The van der Waals surface area contributed by atoms with Crippen LogP contribution in [0, 0.1) is 22.7 Å². The molecule has 2 nitrogen and oxygen atoms in total. The van der Waals surface area contributed by atoms with E-state index in [1.165, 1.54) is 6.08 Å². The highest BCUT2D eigenvalue weighted by Crippen LogP contribution is 2.05. The Morgan fingerprint density at radius 3 is 2.64 bits per heavy atom. The molecule has 0 amide bonds. The van der Waals surface area contributed by atoms with Gasteiger partial charge in [-0.25, -0.2) is 0 Å². The fourth-order valence-electron chi connectivity index (χ4n) is 0.679. The molecule has 0 aromatic carbocycles. The van der Waals surface area contributed by atoms with Crippen molar-refractivity contribution >= 4 is 0 Å². The Labute approximate surface area is 64.7 Å². The van der Waals surface area contributed by atoms with E-state index in [0.29, 0.717) is 0 Å². The lowest BCUT2D eigenvalue weighted by Gasteiger charge is -1.81. The fraction of sp³-hybridized carbons (Fsp3) is 0. The van der Waals surface area contributed by atoms with Gasteiger partial charge in [0.25, 0.3) is 0 Å². The second kappa shape index (κ2) is 3.22. The van der Waals surface area contributed by atoms with Gasteiger partial charge >= 0.3 is 0 Å². The SMILES string of the molecule is N#CC(C#N)=CC1=C=CC=C1. The predicted octanol–water partition coefficient (Wildman–Crippen LogP) is 1.61. The zero-order chi connectivity index (χ0) is 8.10. The standard InChI is InChI=1S/C9H4N2/c10-6-9(7-11)5-8-3-1-2-4-8/h1-3,5H. The molecular weight excluding hydrogens is 136 g/mol. The summed E-state index contributed by atoms with van der Waals surface area (Å²) in [5, 5.41) is 16.7. The summed E-state index contributed by atoms with van der Waals surface area (Å²) >= 11 is 0. The summed E-state index contributed by atoms with van der Waals surface area (Å²) < 4.78 is 0. The molecule has 0 spiro atoms. The third-order valence-electron chi connectivity index (χ3n) is 1.16. The van der Waals surface area contributed by atoms with E-state index < -0.39 is 0 Å². The quantitative estimate of drug-likeness (QED) is 0.410. The molecule has 0 aromatic rings. The van der Waals surface area contributed by atoms with Gasteiger partial charge in [-0.3, -0.25) is 0 Å². The van der Waals surface area contributed by atoms with Gasteiger partial charge < -0.3 is 0 Å². The molecule has 0 heterocycles. The van der Waals surface area contributed by atoms with Gasteiger partial charge in [0.1, 0.15) is 17.7 Å². The average molecular weight is 140 g/mol. The first-order valence-corrected chi connectivity index (χ1v) is 3.02. The third-order valence-corrected chi connectivity index (χ3v) is 1.16. The van der Waals surface area contributed by atoms with Crippen LogP contribution in [0.25, 0.3) is 0 Å². The summed E-state index contributed by atoms with van der Waals surface area (Å²) in [4.78, 5) is 0. The van der Waals surface area contributed by atoms with Gasteiger partial charge in [0.2, 0.25) is 0 Å². The second-order valence-electron chi connectivity index (χ2n) is 1.91. The van der Waals surface area contributed by atoms with E-state index in [0.717, 1.165) is 5.57 Å². The van der Waals surface area contributed by atoms with Gasteiger partial charge in [-0.15, -0.1) is 5.73 Å². The molecule has 0 aromatic heterocycles. The van der Waals surface area contributed by atoms with Gasteiger partial charge in [-0.2, -0.15) is 10.5 Å². The topological polar surface area (TPSA) is 47.6 Å². The van der Waals surface area contributed by atoms with Crippen molar-refractivity contribution in [3.63, 3.8) is 0 Å². The Balaban J connectivity index is 2.92. The summed E-state index contributed by atoms with van der Waals surface area (Å²) in [6.45, 7) is 0. The van der Waals surface area contributed by atoms with Crippen LogP contribution in [-0.4, -0.2) is 0 Å². The van der Waals surface area contributed by atoms with Crippen LogP contribution < -0.4 is 0 Å². The van der Waals surface area contributed by atoms with Crippen LogP contribution in [0.4, 0.5) is 0 Å². The van der Waals surface area contributed by atoms with Crippen LogP contribution in [0.1, 0.15) is 0 Å². The first-order valence-electron chi connectivity index (χ1n) is 3.02. The summed E-state index contributed by atoms with van der Waals surface area (Å²) in [7, 11) is 0. The molecule has 0 fully saturated rings. The number of allylic oxidation sites excluding steroid dienone is 5. The highest BCUT2D eigenvalue weighted by atomic mass is 14.3. The minimum Gasteiger partial charge on any atom is -0.192 e. The van der Waals surface area contributed by atoms with E-state index in [4.69, 9.17) is 10.5 Å². The largest absolute Gasteiger partial charge is 0.192 e. The highest BCUT2D eigenvalue weighted by molar-refractivity contribution is 5.47. The molecule has 0 aliphatic heterocycles. The van der Waals surface area contributed by atoms with Crippen LogP contribution in [-0.2, 0) is 0 Å². The summed E-state index contributed by atoms with van der Waals surface area (Å²) in [6.07, 6.45) is 6.82. The summed E-state index contributed by atoms with van der Waals surface area (Å²) in [6, 6.07) is 3.54. The Bertz CT molecular complexity index is 347. The van der Waals surface area contributed by atoms with Gasteiger partial charge in [0, 0.05) is 5.57 Å². The van der Waals surface area contributed by atoms with E-state index in [1.54, 1.807) is 30.4 Å². The van der Waals surface area contributed by atoms with Gasteiger partial charge in [0.05, 0.1) is 0 Å². The number of nitriles is 2. The van der Waals surface area contributed by atoms with Crippen LogP contribution in [0.15, 0.2) is 41.2 Å². The van der Waals surface area contributed by atoms with E-state index >= 15 is 0 Å². The first-order chi connectivity index (χ1) is 5.36. The van der Waals surface area contributed by atoms with Crippen molar-refractivity contribution in [1.82, 2.24) is 0 Å². The predicted molar refractivity (Wildman–Crippen MR) is 40.0 cm³/mol. The fourth-order valence-corrected chi connectivity index (χ4v) is 0.679. The lowest BCUT2D eigenvalue weighted by Crippen LogP contribution is -1.72. The Morgan fingerprint density at radius 1 is 1.45 bits per heavy atom. The summed E-state index contributed by atoms with van der Waals surface area (Å²) in [5.74, 6) is 0. The molecule has 1 aliphatic rings. The normalized spacial score (nSPS) is 11.6. The highest BCUT2D eigenvalue weighted by Gasteiger charge is 1.93. The lowest BCUT2D eigenvalue weighted by atomic mass is 10.2. The number of nitrogens with zero attached hydrogens (tertiary/aromatic N) is 2.